The summed E-state index contributed by atoms with van der Waals surface area (Å²) in [5.41, 5.74) is 2.45. The van der Waals surface area contributed by atoms with E-state index in [4.69, 9.17) is 11.6 Å². The van der Waals surface area contributed by atoms with E-state index in [2.05, 4.69) is 10.3 Å². The molecule has 1 N–H and O–H groups in total. The van der Waals surface area contributed by atoms with Crippen molar-refractivity contribution in [1.29, 1.82) is 0 Å². The number of hydroxylamine groups is 1. The minimum Gasteiger partial charge on any atom is -0.271 e. The Bertz CT molecular complexity index is 80.9. The maximum absolute atomic E-state index is 5.34. The van der Waals surface area contributed by atoms with Gasteiger partial charge in [-0.25, -0.2) is 0 Å². The largest absolute Gasteiger partial charge is 0.271 e. The van der Waals surface area contributed by atoms with Crippen LogP contribution in [0.5, 0.6) is 0 Å². The molecule has 0 aromatic rings. The smallest absolute Gasteiger partial charge is 0.124 e. The first kappa shape index (κ1) is 3.96. The molecule has 34 valence electrons. The minimum absolute atomic E-state index is 0.579. The van der Waals surface area contributed by atoms with Gasteiger partial charge in [0.15, 0.2) is 0 Å². The topological polar surface area (TPSA) is 21.3 Å². The fourth-order valence-electron chi connectivity index (χ4n) is 0.267. The summed E-state index contributed by atoms with van der Waals surface area (Å²) in [4.78, 5) is 4.58. The Labute approximate surface area is 40.7 Å². The second kappa shape index (κ2) is 1.49. The van der Waals surface area contributed by atoms with Gasteiger partial charge in [0.2, 0.25) is 0 Å². The monoisotopic (exact) mass is 105 g/mol. The van der Waals surface area contributed by atoms with E-state index in [0.717, 1.165) is 0 Å². The van der Waals surface area contributed by atoms with E-state index in [1.807, 2.05) is 0 Å². The summed E-state index contributed by atoms with van der Waals surface area (Å²) in [6.07, 6.45) is 1.75. The van der Waals surface area contributed by atoms with E-state index in [1.54, 1.807) is 6.08 Å². The summed E-state index contributed by atoms with van der Waals surface area (Å²) in [6, 6.07) is 0. The predicted octanol–water partition coefficient (Wildman–Crippen LogP) is 0.601. The van der Waals surface area contributed by atoms with Crippen molar-refractivity contribution in [2.24, 2.45) is 0 Å². The molecule has 0 bridgehead atoms. The van der Waals surface area contributed by atoms with Gasteiger partial charge in [-0.05, 0) is 6.08 Å². The van der Waals surface area contributed by atoms with Crippen molar-refractivity contribution in [2.45, 2.75) is 0 Å². The minimum atomic E-state index is 0.579. The Morgan fingerprint density at radius 1 is 2.00 bits per heavy atom. The number of nitrogens with one attached hydrogen (secondary N) is 1. The van der Waals surface area contributed by atoms with Crippen LogP contribution in [-0.4, -0.2) is 6.61 Å². The Hall–Kier alpha value is -0.210. The fraction of sp³-hybridized carbons (Fsp3) is 0.333. The second-order valence-electron chi connectivity index (χ2n) is 0.965. The van der Waals surface area contributed by atoms with Gasteiger partial charge in [-0.3, -0.25) is 10.3 Å². The molecule has 1 rings (SSSR count). The molecular formula is C3H4ClNO. The van der Waals surface area contributed by atoms with Crippen molar-refractivity contribution in [1.82, 2.24) is 5.48 Å². The Morgan fingerprint density at radius 3 is 3.00 bits per heavy atom. The Kier molecular flexibility index (Phi) is 0.986. The molecule has 6 heavy (non-hydrogen) atoms. The first-order valence-electron chi connectivity index (χ1n) is 1.63. The van der Waals surface area contributed by atoms with Gasteiger partial charge >= 0.3 is 0 Å². The van der Waals surface area contributed by atoms with Crippen molar-refractivity contribution >= 4 is 11.6 Å². The van der Waals surface area contributed by atoms with Gasteiger partial charge in [0.05, 0.1) is 6.61 Å². The Balaban J connectivity index is 2.45. The molecule has 0 spiro atoms. The Morgan fingerprint density at radius 2 is 2.83 bits per heavy atom. The van der Waals surface area contributed by atoms with E-state index in [9.17, 15) is 0 Å². The summed E-state index contributed by atoms with van der Waals surface area (Å²) in [5, 5.41) is 0.579. The maximum Gasteiger partial charge on any atom is 0.124 e. The van der Waals surface area contributed by atoms with Crippen LogP contribution in [0.1, 0.15) is 0 Å². The van der Waals surface area contributed by atoms with Gasteiger partial charge in [-0.15, -0.1) is 0 Å². The third-order valence-corrected chi connectivity index (χ3v) is 0.747. The first-order chi connectivity index (χ1) is 2.89. The van der Waals surface area contributed by atoms with Gasteiger partial charge in [0.25, 0.3) is 0 Å². The van der Waals surface area contributed by atoms with Crippen molar-refractivity contribution in [3.63, 3.8) is 0 Å². The highest BCUT2D eigenvalue weighted by Gasteiger charge is 1.95. The molecule has 0 fully saturated rings. The van der Waals surface area contributed by atoms with Crippen molar-refractivity contribution in [2.75, 3.05) is 6.61 Å². The van der Waals surface area contributed by atoms with Crippen LogP contribution in [0, 0.1) is 0 Å². The van der Waals surface area contributed by atoms with Crippen LogP contribution in [0.3, 0.4) is 0 Å². The third kappa shape index (κ3) is 0.640. The molecular weight excluding hydrogens is 101 g/mol. The van der Waals surface area contributed by atoms with E-state index < -0.39 is 0 Å². The second-order valence-corrected chi connectivity index (χ2v) is 1.37. The maximum atomic E-state index is 5.34. The van der Waals surface area contributed by atoms with Crippen molar-refractivity contribution < 1.29 is 4.84 Å². The fourth-order valence-corrected chi connectivity index (χ4v) is 0.385. The summed E-state index contributed by atoms with van der Waals surface area (Å²) in [5.74, 6) is 0. The molecule has 1 heterocycles. The third-order valence-electron chi connectivity index (χ3n) is 0.516. The highest BCUT2D eigenvalue weighted by atomic mass is 35.5. The predicted molar refractivity (Wildman–Crippen MR) is 23.0 cm³/mol. The number of halogens is 1. The van der Waals surface area contributed by atoms with Crippen LogP contribution in [0.4, 0.5) is 0 Å². The average Bonchev–Trinajstić information content (AvgIpc) is 1.86. The molecule has 1 aliphatic rings. The van der Waals surface area contributed by atoms with Gasteiger partial charge in [-0.1, -0.05) is 11.6 Å². The molecule has 0 aliphatic carbocycles. The lowest BCUT2D eigenvalue weighted by Crippen LogP contribution is -2.00. The standard InChI is InChI=1S/C3H4ClNO/c4-3-1-2-6-5-3/h1,5H,2H2. The van der Waals surface area contributed by atoms with Crippen LogP contribution in [0.25, 0.3) is 0 Å². The molecule has 0 amide bonds. The van der Waals surface area contributed by atoms with E-state index >= 15 is 0 Å². The molecule has 3 heteroatoms. The lowest BCUT2D eigenvalue weighted by molar-refractivity contribution is 0.113. The molecule has 0 aromatic heterocycles. The molecule has 0 saturated heterocycles. The van der Waals surface area contributed by atoms with Crippen LogP contribution < -0.4 is 5.48 Å². The zero-order chi connectivity index (χ0) is 4.41. The number of hydrogen-bond donors (Lipinski definition) is 1. The summed E-state index contributed by atoms with van der Waals surface area (Å²) >= 11 is 5.34. The van der Waals surface area contributed by atoms with Crippen LogP contribution in [0.15, 0.2) is 11.2 Å². The normalized spacial score (nSPS) is 19.8. The summed E-state index contributed by atoms with van der Waals surface area (Å²) in [7, 11) is 0. The molecule has 1 aliphatic heterocycles. The summed E-state index contributed by atoms with van der Waals surface area (Å²) < 4.78 is 0. The van der Waals surface area contributed by atoms with Gasteiger partial charge in [0.1, 0.15) is 5.16 Å². The van der Waals surface area contributed by atoms with Crippen LogP contribution in [0.2, 0.25) is 0 Å². The highest BCUT2D eigenvalue weighted by Crippen LogP contribution is 1.99. The zero-order valence-corrected chi connectivity index (χ0v) is 3.83. The molecule has 0 unspecified atom stereocenters. The number of rotatable bonds is 0. The van der Waals surface area contributed by atoms with Gasteiger partial charge in [0, 0.05) is 0 Å². The van der Waals surface area contributed by atoms with Gasteiger partial charge in [-0.2, -0.15) is 0 Å². The van der Waals surface area contributed by atoms with E-state index in [-0.39, 0.29) is 0 Å². The molecule has 0 radical (unpaired) electrons. The zero-order valence-electron chi connectivity index (χ0n) is 3.07. The first-order valence-corrected chi connectivity index (χ1v) is 2.01. The van der Waals surface area contributed by atoms with Crippen LogP contribution >= 0.6 is 11.6 Å². The molecule has 0 aromatic carbocycles. The van der Waals surface area contributed by atoms with Gasteiger partial charge < -0.3 is 0 Å². The SMILES string of the molecule is ClC1=CCON1. The van der Waals surface area contributed by atoms with E-state index in [0.29, 0.717) is 11.8 Å². The van der Waals surface area contributed by atoms with Crippen molar-refractivity contribution in [3.05, 3.63) is 11.2 Å². The molecule has 0 saturated carbocycles. The molecule has 2 nitrogen and oxygen atoms in total. The molecule has 0 atom stereocenters. The average molecular weight is 106 g/mol. The van der Waals surface area contributed by atoms with Crippen LogP contribution in [-0.2, 0) is 4.84 Å². The summed E-state index contributed by atoms with van der Waals surface area (Å²) in [6.45, 7) is 0.582. The lowest BCUT2D eigenvalue weighted by atomic mass is 10.7. The number of hydrogen-bond acceptors (Lipinski definition) is 2. The quantitative estimate of drug-likeness (QED) is 0.456. The van der Waals surface area contributed by atoms with Crippen molar-refractivity contribution in [3.8, 4) is 0 Å². The highest BCUT2D eigenvalue weighted by molar-refractivity contribution is 6.29. The lowest BCUT2D eigenvalue weighted by Gasteiger charge is -1.87. The van der Waals surface area contributed by atoms with E-state index in [1.165, 1.54) is 0 Å².